The van der Waals surface area contributed by atoms with Crippen LogP contribution >= 0.6 is 0 Å². The van der Waals surface area contributed by atoms with Gasteiger partial charge in [0.2, 0.25) is 0 Å². The van der Waals surface area contributed by atoms with Crippen molar-refractivity contribution in [2.45, 2.75) is 50.6 Å². The summed E-state index contributed by atoms with van der Waals surface area (Å²) in [6.45, 7) is 2.11. The molecule has 2 fully saturated rings. The van der Waals surface area contributed by atoms with E-state index in [1.165, 1.54) is 19.3 Å². The second-order valence-electron chi connectivity index (χ2n) is 6.05. The predicted molar refractivity (Wildman–Crippen MR) is 71.7 cm³/mol. The first kappa shape index (κ1) is 13.8. The Morgan fingerprint density at radius 3 is 2.50 bits per heavy atom. The van der Waals surface area contributed by atoms with Crippen molar-refractivity contribution < 1.29 is 9.90 Å². The number of hydrogen-bond acceptors (Lipinski definition) is 3. The van der Waals surface area contributed by atoms with Crippen LogP contribution in [0.15, 0.2) is 0 Å². The molecule has 18 heavy (non-hydrogen) atoms. The van der Waals surface area contributed by atoms with Gasteiger partial charge in [-0.2, -0.15) is 0 Å². The molecule has 0 aromatic heterocycles. The number of carboxylic acid groups (broad SMARTS) is 1. The first-order valence-electron chi connectivity index (χ1n) is 7.23. The average molecular weight is 254 g/mol. The van der Waals surface area contributed by atoms with Gasteiger partial charge in [-0.25, -0.2) is 0 Å². The molecule has 1 saturated carbocycles. The van der Waals surface area contributed by atoms with Gasteiger partial charge in [0.25, 0.3) is 0 Å². The van der Waals surface area contributed by atoms with E-state index in [9.17, 15) is 9.90 Å². The lowest BCUT2D eigenvalue weighted by Crippen LogP contribution is -2.43. The molecule has 3 unspecified atom stereocenters. The van der Waals surface area contributed by atoms with Crippen molar-refractivity contribution in [3.8, 4) is 0 Å². The highest BCUT2D eigenvalue weighted by atomic mass is 16.4. The van der Waals surface area contributed by atoms with Gasteiger partial charge in [-0.3, -0.25) is 9.69 Å². The van der Waals surface area contributed by atoms with Gasteiger partial charge in [-0.15, -0.1) is 0 Å². The fourth-order valence-corrected chi connectivity index (χ4v) is 3.50. The zero-order valence-electron chi connectivity index (χ0n) is 11.6. The second kappa shape index (κ2) is 6.02. The maximum absolute atomic E-state index is 11.5. The van der Waals surface area contributed by atoms with Crippen LogP contribution < -0.4 is 0 Å². The van der Waals surface area contributed by atoms with E-state index in [0.717, 1.165) is 32.4 Å². The average Bonchev–Trinajstić information content (AvgIpc) is 2.67. The molecule has 104 valence electrons. The number of likely N-dealkylation sites (N-methyl/N-ethyl adjacent to an activating group) is 1. The lowest BCUT2D eigenvalue weighted by atomic mass is 9.93. The van der Waals surface area contributed by atoms with Crippen LogP contribution in [0.4, 0.5) is 0 Å². The minimum Gasteiger partial charge on any atom is -0.481 e. The molecular formula is C14H26N2O2. The van der Waals surface area contributed by atoms with Gasteiger partial charge in [0.15, 0.2) is 0 Å². The Labute approximate surface area is 110 Å². The normalized spacial score (nSPS) is 34.7. The Bertz CT molecular complexity index is 294. The van der Waals surface area contributed by atoms with Crippen LogP contribution in [-0.4, -0.2) is 60.1 Å². The van der Waals surface area contributed by atoms with E-state index >= 15 is 0 Å². The molecular weight excluding hydrogens is 228 g/mol. The minimum absolute atomic E-state index is 0.145. The Balaban J connectivity index is 2.02. The van der Waals surface area contributed by atoms with Crippen LogP contribution in [0.25, 0.3) is 0 Å². The molecule has 0 bridgehead atoms. The van der Waals surface area contributed by atoms with E-state index in [1.54, 1.807) is 0 Å². The summed E-state index contributed by atoms with van der Waals surface area (Å²) in [7, 11) is 4.24. The summed E-state index contributed by atoms with van der Waals surface area (Å²) in [6.07, 6.45) is 6.58. The topological polar surface area (TPSA) is 43.8 Å². The van der Waals surface area contributed by atoms with Crippen molar-refractivity contribution >= 4 is 5.97 Å². The molecule has 4 nitrogen and oxygen atoms in total. The molecule has 1 saturated heterocycles. The van der Waals surface area contributed by atoms with Crippen molar-refractivity contribution in [1.29, 1.82) is 0 Å². The molecule has 0 radical (unpaired) electrons. The highest BCUT2D eigenvalue weighted by molar-refractivity contribution is 5.71. The summed E-state index contributed by atoms with van der Waals surface area (Å²) >= 11 is 0. The smallest absolute Gasteiger partial charge is 0.308 e. The van der Waals surface area contributed by atoms with Crippen LogP contribution in [0.2, 0.25) is 0 Å². The van der Waals surface area contributed by atoms with E-state index in [1.807, 2.05) is 0 Å². The van der Waals surface area contributed by atoms with Gasteiger partial charge in [-0.05, 0) is 33.4 Å². The molecule has 0 aromatic rings. The molecule has 4 heteroatoms. The highest BCUT2D eigenvalue weighted by Gasteiger charge is 2.37. The number of nitrogens with zero attached hydrogens (tertiary/aromatic N) is 2. The molecule has 0 aromatic carbocycles. The third-order valence-electron chi connectivity index (χ3n) is 4.69. The molecule has 1 heterocycles. The molecule has 1 N–H and O–H groups in total. The van der Waals surface area contributed by atoms with Crippen LogP contribution in [0.1, 0.15) is 38.5 Å². The van der Waals surface area contributed by atoms with Gasteiger partial charge in [0.05, 0.1) is 5.92 Å². The van der Waals surface area contributed by atoms with Crippen molar-refractivity contribution in [2.24, 2.45) is 5.92 Å². The minimum atomic E-state index is -0.588. The van der Waals surface area contributed by atoms with Crippen LogP contribution in [0, 0.1) is 5.92 Å². The maximum Gasteiger partial charge on any atom is 0.308 e. The summed E-state index contributed by atoms with van der Waals surface area (Å²) < 4.78 is 0. The van der Waals surface area contributed by atoms with E-state index in [0.29, 0.717) is 6.04 Å². The second-order valence-corrected chi connectivity index (χ2v) is 6.05. The number of hydrogen-bond donors (Lipinski definition) is 1. The van der Waals surface area contributed by atoms with Gasteiger partial charge >= 0.3 is 5.97 Å². The van der Waals surface area contributed by atoms with E-state index in [4.69, 9.17) is 0 Å². The third kappa shape index (κ3) is 3.04. The maximum atomic E-state index is 11.5. The first-order valence-corrected chi connectivity index (χ1v) is 7.23. The summed E-state index contributed by atoms with van der Waals surface area (Å²) in [5.41, 5.74) is 0. The lowest BCUT2D eigenvalue weighted by molar-refractivity contribution is -0.144. The third-order valence-corrected chi connectivity index (χ3v) is 4.69. The first-order chi connectivity index (χ1) is 8.59. The predicted octanol–water partition coefficient (Wildman–Crippen LogP) is 1.66. The molecule has 3 atom stereocenters. The summed E-state index contributed by atoms with van der Waals surface area (Å²) in [4.78, 5) is 16.2. The molecule has 2 aliphatic rings. The van der Waals surface area contributed by atoms with Crippen molar-refractivity contribution in [3.63, 3.8) is 0 Å². The van der Waals surface area contributed by atoms with Gasteiger partial charge < -0.3 is 10.0 Å². The fraction of sp³-hybridized carbons (Fsp3) is 0.929. The largest absolute Gasteiger partial charge is 0.481 e. The van der Waals surface area contributed by atoms with Crippen LogP contribution in [0.5, 0.6) is 0 Å². The quantitative estimate of drug-likeness (QED) is 0.778. The van der Waals surface area contributed by atoms with Crippen molar-refractivity contribution in [2.75, 3.05) is 27.2 Å². The summed E-state index contributed by atoms with van der Waals surface area (Å²) in [6, 6.07) is 0.873. The van der Waals surface area contributed by atoms with E-state index < -0.39 is 5.97 Å². The number of likely N-dealkylation sites (tertiary alicyclic amines) is 1. The zero-order chi connectivity index (χ0) is 13.1. The summed E-state index contributed by atoms with van der Waals surface area (Å²) in [5.74, 6) is -0.733. The molecule has 0 amide bonds. The van der Waals surface area contributed by atoms with Crippen molar-refractivity contribution in [3.05, 3.63) is 0 Å². The van der Waals surface area contributed by atoms with Gasteiger partial charge in [-0.1, -0.05) is 19.3 Å². The van der Waals surface area contributed by atoms with Crippen molar-refractivity contribution in [1.82, 2.24) is 9.80 Å². The van der Waals surface area contributed by atoms with Gasteiger partial charge in [0, 0.05) is 25.2 Å². The Hall–Kier alpha value is -0.610. The zero-order valence-corrected chi connectivity index (χ0v) is 11.6. The molecule has 1 aliphatic heterocycles. The molecule has 2 rings (SSSR count). The number of carboxylic acids is 1. The summed E-state index contributed by atoms with van der Waals surface area (Å²) in [5, 5.41) is 9.43. The highest BCUT2D eigenvalue weighted by Crippen LogP contribution is 2.30. The lowest BCUT2D eigenvalue weighted by Gasteiger charge is -2.31. The SMILES string of the molecule is CN(C)C1CCN(C2CCCCCC2C(=O)O)C1. The van der Waals surface area contributed by atoms with E-state index in [2.05, 4.69) is 23.9 Å². The van der Waals surface area contributed by atoms with E-state index in [-0.39, 0.29) is 12.0 Å². The fourth-order valence-electron chi connectivity index (χ4n) is 3.50. The van der Waals surface area contributed by atoms with Crippen LogP contribution in [-0.2, 0) is 4.79 Å². The standard InChI is InChI=1S/C14H26N2O2/c1-15(2)11-8-9-16(10-11)13-7-5-3-4-6-12(13)14(17)18/h11-13H,3-10H2,1-2H3,(H,17,18). The molecule has 0 spiro atoms. The Morgan fingerprint density at radius 2 is 1.89 bits per heavy atom. The Morgan fingerprint density at radius 1 is 1.17 bits per heavy atom. The van der Waals surface area contributed by atoms with Gasteiger partial charge in [0.1, 0.15) is 0 Å². The monoisotopic (exact) mass is 254 g/mol. The van der Waals surface area contributed by atoms with Crippen LogP contribution in [0.3, 0.4) is 0 Å². The Kier molecular flexibility index (Phi) is 4.62. The number of aliphatic carboxylic acids is 1. The number of rotatable bonds is 3. The number of carbonyl (C=O) groups is 1. The molecule has 1 aliphatic carbocycles.